The molecule has 0 aliphatic heterocycles. The number of aliphatic carboxylic acids is 1. The molecule has 0 saturated heterocycles. The number of hydrogen-bond donors (Lipinski definition) is 1. The van der Waals surface area contributed by atoms with Gasteiger partial charge in [0.15, 0.2) is 5.78 Å². The van der Waals surface area contributed by atoms with E-state index >= 15 is 0 Å². The van der Waals surface area contributed by atoms with Crippen molar-refractivity contribution in [3.63, 3.8) is 0 Å². The van der Waals surface area contributed by atoms with E-state index < -0.39 is 23.0 Å². The largest absolute Gasteiger partial charge is 0.481 e. The molecule has 0 heterocycles. The summed E-state index contributed by atoms with van der Waals surface area (Å²) in [6.45, 7) is 4.90. The zero-order valence-corrected chi connectivity index (χ0v) is 8.09. The summed E-state index contributed by atoms with van der Waals surface area (Å²) in [5.41, 5.74) is -0.713. The first kappa shape index (κ1) is 11.8. The molecule has 0 rings (SSSR count). The zero-order valence-electron chi connectivity index (χ0n) is 8.09. The Hall–Kier alpha value is -1.19. The van der Waals surface area contributed by atoms with Gasteiger partial charge in [0.05, 0.1) is 6.42 Å². The minimum atomic E-state index is -1.06. The Morgan fingerprint density at radius 1 is 1.08 bits per heavy atom. The van der Waals surface area contributed by atoms with Crippen molar-refractivity contribution in [2.24, 2.45) is 5.41 Å². The van der Waals surface area contributed by atoms with Crippen LogP contribution in [0.25, 0.3) is 0 Å². The first-order chi connectivity index (χ1) is 5.75. The van der Waals surface area contributed by atoms with E-state index in [-0.39, 0.29) is 12.8 Å². The van der Waals surface area contributed by atoms with Crippen LogP contribution in [0.1, 0.15) is 33.6 Å². The molecule has 0 spiro atoms. The van der Waals surface area contributed by atoms with Gasteiger partial charge < -0.3 is 5.11 Å². The van der Waals surface area contributed by atoms with E-state index in [1.165, 1.54) is 0 Å². The normalized spacial score (nSPS) is 11.0. The van der Waals surface area contributed by atoms with Gasteiger partial charge in [0.25, 0.3) is 0 Å². The number of carboxylic acids is 1. The molecule has 0 saturated carbocycles. The lowest BCUT2D eigenvalue weighted by Crippen LogP contribution is -2.28. The quantitative estimate of drug-likeness (QED) is 0.666. The lowest BCUT2D eigenvalue weighted by molar-refractivity contribution is -0.143. The van der Waals surface area contributed by atoms with E-state index in [9.17, 15) is 14.4 Å². The summed E-state index contributed by atoms with van der Waals surface area (Å²) < 4.78 is 0. The van der Waals surface area contributed by atoms with Gasteiger partial charge in [-0.2, -0.15) is 0 Å². The molecule has 0 aromatic heterocycles. The van der Waals surface area contributed by atoms with E-state index in [0.717, 1.165) is 0 Å². The smallest absolute Gasteiger partial charge is 0.303 e. The van der Waals surface area contributed by atoms with Crippen molar-refractivity contribution in [1.82, 2.24) is 0 Å². The molecule has 0 amide bonds. The average Bonchev–Trinajstić information content (AvgIpc) is 1.96. The van der Waals surface area contributed by atoms with Crippen molar-refractivity contribution >= 4 is 17.5 Å². The maximum absolute atomic E-state index is 11.2. The summed E-state index contributed by atoms with van der Waals surface area (Å²) in [5.74, 6) is -2.17. The van der Waals surface area contributed by atoms with Crippen molar-refractivity contribution in [2.45, 2.75) is 33.6 Å². The number of carbonyl (C=O) groups is 3. The molecule has 0 aromatic carbocycles. The molecule has 0 unspecified atom stereocenters. The molecule has 4 heteroatoms. The molecule has 4 nitrogen and oxygen atoms in total. The lowest BCUT2D eigenvalue weighted by atomic mass is 9.87. The third-order valence-electron chi connectivity index (χ3n) is 1.50. The highest BCUT2D eigenvalue weighted by molar-refractivity contribution is 6.39. The highest BCUT2D eigenvalue weighted by Crippen LogP contribution is 2.16. The molecule has 0 atom stereocenters. The van der Waals surface area contributed by atoms with Crippen molar-refractivity contribution < 1.29 is 19.5 Å². The fraction of sp³-hybridized carbons (Fsp3) is 0.667. The highest BCUT2D eigenvalue weighted by Gasteiger charge is 2.27. The first-order valence-electron chi connectivity index (χ1n) is 4.04. The lowest BCUT2D eigenvalue weighted by Gasteiger charge is -2.14. The summed E-state index contributed by atoms with van der Waals surface area (Å²) in [6.07, 6.45) is -0.480. The predicted octanol–water partition coefficient (Wildman–Crippen LogP) is 1.04. The van der Waals surface area contributed by atoms with Crippen molar-refractivity contribution in [2.75, 3.05) is 0 Å². The zero-order chi connectivity index (χ0) is 10.6. The van der Waals surface area contributed by atoms with Crippen LogP contribution in [0.4, 0.5) is 0 Å². The van der Waals surface area contributed by atoms with Gasteiger partial charge in [-0.1, -0.05) is 20.8 Å². The van der Waals surface area contributed by atoms with Crippen LogP contribution >= 0.6 is 0 Å². The van der Waals surface area contributed by atoms with Gasteiger partial charge in [0.1, 0.15) is 0 Å². The predicted molar refractivity (Wildman–Crippen MR) is 46.3 cm³/mol. The Morgan fingerprint density at radius 2 is 1.54 bits per heavy atom. The Balaban J connectivity index is 4.14. The van der Waals surface area contributed by atoms with Crippen LogP contribution < -0.4 is 0 Å². The number of carboxylic acid groups (broad SMARTS) is 1. The fourth-order valence-electron chi connectivity index (χ4n) is 0.752. The summed E-state index contributed by atoms with van der Waals surface area (Å²) >= 11 is 0. The van der Waals surface area contributed by atoms with Crippen LogP contribution in [0.15, 0.2) is 0 Å². The molecular formula is C9H14O4. The van der Waals surface area contributed by atoms with Gasteiger partial charge in [-0.05, 0) is 0 Å². The Kier molecular flexibility index (Phi) is 3.78. The molecule has 1 N–H and O–H groups in total. The summed E-state index contributed by atoms with van der Waals surface area (Å²) in [4.78, 5) is 32.4. The van der Waals surface area contributed by atoms with Gasteiger partial charge in [-0.25, -0.2) is 0 Å². The first-order valence-corrected chi connectivity index (χ1v) is 4.04. The van der Waals surface area contributed by atoms with E-state index in [4.69, 9.17) is 5.11 Å². The second kappa shape index (κ2) is 4.16. The van der Waals surface area contributed by atoms with Crippen LogP contribution in [0.5, 0.6) is 0 Å². The Bertz CT molecular complexity index is 234. The maximum Gasteiger partial charge on any atom is 0.303 e. The van der Waals surface area contributed by atoms with Crippen molar-refractivity contribution in [3.8, 4) is 0 Å². The molecule has 13 heavy (non-hydrogen) atoms. The van der Waals surface area contributed by atoms with Crippen LogP contribution in [-0.2, 0) is 14.4 Å². The minimum Gasteiger partial charge on any atom is -0.481 e. The number of rotatable bonds is 4. The number of Topliss-reactive ketones (excluding diaryl/α,β-unsaturated/α-hetero) is 2. The van der Waals surface area contributed by atoms with Gasteiger partial charge in [0, 0.05) is 11.8 Å². The third-order valence-corrected chi connectivity index (χ3v) is 1.50. The van der Waals surface area contributed by atoms with Gasteiger partial charge >= 0.3 is 5.97 Å². The van der Waals surface area contributed by atoms with E-state index in [0.29, 0.717) is 0 Å². The summed E-state index contributed by atoms with van der Waals surface area (Å²) in [5, 5.41) is 8.28. The Morgan fingerprint density at radius 3 is 1.85 bits per heavy atom. The molecule has 0 aromatic rings. The number of ketones is 2. The summed E-state index contributed by atoms with van der Waals surface area (Å²) in [7, 11) is 0. The molecule has 0 aliphatic rings. The maximum atomic E-state index is 11.2. The van der Waals surface area contributed by atoms with Crippen LogP contribution in [0.3, 0.4) is 0 Å². The second-order valence-corrected chi connectivity index (χ2v) is 3.90. The van der Waals surface area contributed by atoms with Gasteiger partial charge in [-0.15, -0.1) is 0 Å². The number of hydrogen-bond acceptors (Lipinski definition) is 3. The topological polar surface area (TPSA) is 71.4 Å². The molecular weight excluding hydrogens is 172 g/mol. The highest BCUT2D eigenvalue weighted by atomic mass is 16.4. The Labute approximate surface area is 76.9 Å². The van der Waals surface area contributed by atoms with E-state index in [2.05, 4.69) is 0 Å². The van der Waals surface area contributed by atoms with Crippen molar-refractivity contribution in [3.05, 3.63) is 0 Å². The monoisotopic (exact) mass is 186 g/mol. The SMILES string of the molecule is CC(C)(C)C(=O)C(=O)CCC(=O)O. The molecule has 74 valence electrons. The van der Waals surface area contributed by atoms with Crippen molar-refractivity contribution in [1.29, 1.82) is 0 Å². The van der Waals surface area contributed by atoms with Crippen LogP contribution in [0.2, 0.25) is 0 Å². The van der Waals surface area contributed by atoms with E-state index in [1.807, 2.05) is 0 Å². The fourth-order valence-corrected chi connectivity index (χ4v) is 0.752. The summed E-state index contributed by atoms with van der Waals surface area (Å²) in [6, 6.07) is 0. The average molecular weight is 186 g/mol. The van der Waals surface area contributed by atoms with E-state index in [1.54, 1.807) is 20.8 Å². The van der Waals surface area contributed by atoms with Gasteiger partial charge in [0.2, 0.25) is 5.78 Å². The molecule has 0 radical (unpaired) electrons. The molecule has 0 bridgehead atoms. The second-order valence-electron chi connectivity index (χ2n) is 3.90. The van der Waals surface area contributed by atoms with Crippen LogP contribution in [0, 0.1) is 5.41 Å². The molecule has 0 aliphatic carbocycles. The number of carbonyl (C=O) groups excluding carboxylic acids is 2. The van der Waals surface area contributed by atoms with Gasteiger partial charge in [-0.3, -0.25) is 14.4 Å². The minimum absolute atomic E-state index is 0.203. The third kappa shape index (κ3) is 4.40. The van der Waals surface area contributed by atoms with Crippen LogP contribution in [-0.4, -0.2) is 22.6 Å². The molecule has 0 fully saturated rings. The standard InChI is InChI=1S/C9H14O4/c1-9(2,3)8(13)6(10)4-5-7(11)12/h4-5H2,1-3H3,(H,11,12).